The summed E-state index contributed by atoms with van der Waals surface area (Å²) in [5.74, 6) is -0.494. The fourth-order valence-corrected chi connectivity index (χ4v) is 4.82. The average Bonchev–Trinajstić information content (AvgIpc) is 2.65. The fraction of sp³-hybridized carbons (Fsp3) is 0.278. The highest BCUT2D eigenvalue weighted by Crippen LogP contribution is 2.46. The molecule has 2 rings (SSSR count). The summed E-state index contributed by atoms with van der Waals surface area (Å²) in [7, 11) is 1.16. The zero-order valence-corrected chi connectivity index (χ0v) is 18.4. The number of rotatable bonds is 7. The van der Waals surface area contributed by atoms with Crippen molar-refractivity contribution in [2.75, 3.05) is 33.2 Å². The summed E-state index contributed by atoms with van der Waals surface area (Å²) in [5, 5.41) is 0. The lowest BCUT2D eigenvalue weighted by molar-refractivity contribution is 0.0601. The van der Waals surface area contributed by atoms with Crippen molar-refractivity contribution in [2.45, 2.75) is 11.8 Å². The second-order valence-electron chi connectivity index (χ2n) is 5.60. The molecule has 0 fully saturated rings. The third-order valence-electron chi connectivity index (χ3n) is 3.85. The lowest BCUT2D eigenvalue weighted by Crippen LogP contribution is -2.18. The van der Waals surface area contributed by atoms with Crippen LogP contribution in [-0.4, -0.2) is 42.8 Å². The predicted octanol–water partition coefficient (Wildman–Crippen LogP) is 3.37. The third kappa shape index (κ3) is 4.17. The Morgan fingerprint density at radius 2 is 1.64 bits per heavy atom. The number of esters is 1. The summed E-state index contributed by atoms with van der Waals surface area (Å²) < 4.78 is 49.4. The molecule has 0 atom stereocenters. The lowest BCUT2D eigenvalue weighted by atomic mass is 10.1. The van der Waals surface area contributed by atoms with Crippen LogP contribution in [0, 0.1) is 6.92 Å². The van der Waals surface area contributed by atoms with Gasteiger partial charge in [0.05, 0.1) is 34.0 Å². The first kappa shape index (κ1) is 21.8. The van der Waals surface area contributed by atoms with Gasteiger partial charge in [-0.3, -0.25) is 4.72 Å². The van der Waals surface area contributed by atoms with E-state index in [-0.39, 0.29) is 33.4 Å². The molecule has 0 aliphatic rings. The quantitative estimate of drug-likeness (QED) is 0.615. The molecule has 0 spiro atoms. The van der Waals surface area contributed by atoms with Gasteiger partial charge in [0.25, 0.3) is 10.0 Å². The summed E-state index contributed by atoms with van der Waals surface area (Å²) in [6.45, 7) is 1.83. The number of sulfonamides is 1. The maximum absolute atomic E-state index is 13.0. The number of carbonyl (C=O) groups excluding carboxylic acids is 1. The minimum absolute atomic E-state index is 0.00856. The number of methoxy groups -OCH3 is 4. The Hall–Kier alpha value is -2.46. The van der Waals surface area contributed by atoms with Gasteiger partial charge in [-0.1, -0.05) is 6.07 Å². The van der Waals surface area contributed by atoms with Gasteiger partial charge in [0.15, 0.2) is 11.5 Å². The summed E-state index contributed by atoms with van der Waals surface area (Å²) >= 11 is 3.26. The average molecular weight is 474 g/mol. The molecule has 0 saturated heterocycles. The van der Waals surface area contributed by atoms with Gasteiger partial charge in [-0.05, 0) is 40.5 Å². The first-order chi connectivity index (χ1) is 13.2. The summed E-state index contributed by atoms with van der Waals surface area (Å²) in [6, 6.07) is 6.09. The number of aryl methyl sites for hydroxylation is 1. The SMILES string of the molecule is COC(=O)c1cc(OC)c(OC)c(OC)c1NS(=O)(=O)c1ccc(C)cc1Br. The van der Waals surface area contributed by atoms with Gasteiger partial charge >= 0.3 is 5.97 Å². The van der Waals surface area contributed by atoms with Crippen molar-refractivity contribution in [1.29, 1.82) is 0 Å². The fourth-order valence-electron chi connectivity index (χ4n) is 2.54. The summed E-state index contributed by atoms with van der Waals surface area (Å²) in [6.07, 6.45) is 0. The maximum Gasteiger partial charge on any atom is 0.340 e. The Kier molecular flexibility index (Phi) is 6.78. The molecule has 0 heterocycles. The van der Waals surface area contributed by atoms with Gasteiger partial charge in [-0.15, -0.1) is 0 Å². The molecule has 8 nitrogen and oxygen atoms in total. The van der Waals surface area contributed by atoms with Crippen molar-refractivity contribution in [3.05, 3.63) is 39.9 Å². The van der Waals surface area contributed by atoms with E-state index in [1.165, 1.54) is 40.6 Å². The van der Waals surface area contributed by atoms with Crippen LogP contribution in [0.2, 0.25) is 0 Å². The van der Waals surface area contributed by atoms with Crippen LogP contribution in [-0.2, 0) is 14.8 Å². The number of anilines is 1. The van der Waals surface area contributed by atoms with E-state index in [1.54, 1.807) is 12.1 Å². The zero-order chi connectivity index (χ0) is 21.1. The number of halogens is 1. The Balaban J connectivity index is 2.73. The van der Waals surface area contributed by atoms with Crippen molar-refractivity contribution >= 4 is 37.6 Å². The predicted molar refractivity (Wildman–Crippen MR) is 107 cm³/mol. The number of carbonyl (C=O) groups is 1. The lowest BCUT2D eigenvalue weighted by Gasteiger charge is -2.20. The molecule has 0 unspecified atom stereocenters. The Morgan fingerprint density at radius 1 is 1.00 bits per heavy atom. The van der Waals surface area contributed by atoms with Crippen molar-refractivity contribution in [3.63, 3.8) is 0 Å². The van der Waals surface area contributed by atoms with E-state index in [4.69, 9.17) is 18.9 Å². The molecule has 0 bridgehead atoms. The summed E-state index contributed by atoms with van der Waals surface area (Å²) in [4.78, 5) is 12.3. The Morgan fingerprint density at radius 3 is 2.14 bits per heavy atom. The molecule has 2 aromatic carbocycles. The molecular weight excluding hydrogens is 454 g/mol. The highest BCUT2D eigenvalue weighted by atomic mass is 79.9. The van der Waals surface area contributed by atoms with Crippen molar-refractivity contribution in [3.8, 4) is 17.2 Å². The minimum Gasteiger partial charge on any atom is -0.493 e. The first-order valence-electron chi connectivity index (χ1n) is 7.90. The number of ether oxygens (including phenoxy) is 4. The van der Waals surface area contributed by atoms with Crippen LogP contribution >= 0.6 is 15.9 Å². The van der Waals surface area contributed by atoms with Crippen LogP contribution in [0.25, 0.3) is 0 Å². The minimum atomic E-state index is -4.08. The highest BCUT2D eigenvalue weighted by molar-refractivity contribution is 9.10. The van der Waals surface area contributed by atoms with Gasteiger partial charge in [0.2, 0.25) is 5.75 Å². The highest BCUT2D eigenvalue weighted by Gasteiger charge is 2.29. The Labute approximate surface area is 171 Å². The number of nitrogens with one attached hydrogen (secondary N) is 1. The maximum atomic E-state index is 13.0. The number of hydrogen-bond acceptors (Lipinski definition) is 7. The van der Waals surface area contributed by atoms with E-state index in [2.05, 4.69) is 20.7 Å². The molecule has 1 N–H and O–H groups in total. The molecule has 2 aromatic rings. The van der Waals surface area contributed by atoms with Crippen LogP contribution in [0.4, 0.5) is 5.69 Å². The standard InChI is InChI=1S/C18H20BrNO7S/c1-10-6-7-14(12(19)8-10)28(22,23)20-15-11(18(21)27-5)9-13(24-2)16(25-3)17(15)26-4/h6-9,20H,1-5H3. The molecule has 0 amide bonds. The van der Waals surface area contributed by atoms with E-state index < -0.39 is 16.0 Å². The largest absolute Gasteiger partial charge is 0.493 e. The van der Waals surface area contributed by atoms with Gasteiger partial charge in [0, 0.05) is 10.5 Å². The molecule has 0 radical (unpaired) electrons. The van der Waals surface area contributed by atoms with Crippen LogP contribution in [0.1, 0.15) is 15.9 Å². The van der Waals surface area contributed by atoms with Crippen LogP contribution in [0.15, 0.2) is 33.6 Å². The molecule has 152 valence electrons. The molecule has 0 saturated carbocycles. The Bertz CT molecular complexity index is 1010. The molecular formula is C18H20BrNO7S. The van der Waals surface area contributed by atoms with Crippen molar-refractivity contribution in [2.24, 2.45) is 0 Å². The molecule has 0 aromatic heterocycles. The normalized spacial score (nSPS) is 10.9. The van der Waals surface area contributed by atoms with Crippen LogP contribution in [0.5, 0.6) is 17.2 Å². The van der Waals surface area contributed by atoms with Gasteiger partial charge in [0.1, 0.15) is 10.6 Å². The molecule has 10 heteroatoms. The van der Waals surface area contributed by atoms with Crippen molar-refractivity contribution < 1.29 is 32.2 Å². The van der Waals surface area contributed by atoms with Crippen LogP contribution < -0.4 is 18.9 Å². The topological polar surface area (TPSA) is 100 Å². The van der Waals surface area contributed by atoms with E-state index in [1.807, 2.05) is 6.92 Å². The molecule has 0 aliphatic heterocycles. The van der Waals surface area contributed by atoms with E-state index in [9.17, 15) is 13.2 Å². The first-order valence-corrected chi connectivity index (χ1v) is 10.2. The van der Waals surface area contributed by atoms with Crippen molar-refractivity contribution in [1.82, 2.24) is 0 Å². The van der Waals surface area contributed by atoms with E-state index >= 15 is 0 Å². The van der Waals surface area contributed by atoms with Gasteiger partial charge < -0.3 is 18.9 Å². The smallest absolute Gasteiger partial charge is 0.340 e. The zero-order valence-electron chi connectivity index (χ0n) is 16.0. The number of benzene rings is 2. The van der Waals surface area contributed by atoms with Gasteiger partial charge in [-0.2, -0.15) is 0 Å². The van der Waals surface area contributed by atoms with Gasteiger partial charge in [-0.25, -0.2) is 13.2 Å². The second-order valence-corrected chi connectivity index (χ2v) is 8.10. The molecule has 28 heavy (non-hydrogen) atoms. The third-order valence-corrected chi connectivity index (χ3v) is 6.18. The monoisotopic (exact) mass is 473 g/mol. The summed E-state index contributed by atoms with van der Waals surface area (Å²) in [5.41, 5.74) is 0.660. The molecule has 0 aliphatic carbocycles. The van der Waals surface area contributed by atoms with Crippen LogP contribution in [0.3, 0.4) is 0 Å². The van der Waals surface area contributed by atoms with E-state index in [0.29, 0.717) is 4.47 Å². The number of hydrogen-bond donors (Lipinski definition) is 1. The second kappa shape index (κ2) is 8.70. The van der Waals surface area contributed by atoms with E-state index in [0.717, 1.165) is 5.56 Å².